The number of nitro groups is 1. The Morgan fingerprint density at radius 2 is 1.95 bits per heavy atom. The van der Waals surface area contributed by atoms with Gasteiger partial charge in [-0.05, 0) is 36.8 Å². The molecule has 0 radical (unpaired) electrons. The molecule has 7 nitrogen and oxygen atoms in total. The lowest BCUT2D eigenvalue weighted by molar-refractivity contribution is -0.383. The molecule has 0 aliphatic rings. The lowest BCUT2D eigenvalue weighted by Gasteiger charge is -2.12. The molecule has 0 aliphatic carbocycles. The molecule has 2 rings (SSSR count). The van der Waals surface area contributed by atoms with Crippen LogP contribution < -0.4 is 16.6 Å². The normalized spacial score (nSPS) is 9.76. The van der Waals surface area contributed by atoms with E-state index in [1.54, 1.807) is 30.3 Å². The number of nitriles is 1. The highest BCUT2D eigenvalue weighted by atomic mass is 16.6. The number of nitro benzene ring substituents is 1. The van der Waals surface area contributed by atoms with Gasteiger partial charge in [-0.25, -0.2) is 0 Å². The average molecular weight is 283 g/mol. The van der Waals surface area contributed by atoms with E-state index in [4.69, 9.17) is 11.1 Å². The van der Waals surface area contributed by atoms with Crippen LogP contribution in [0.25, 0.3) is 0 Å². The van der Waals surface area contributed by atoms with Crippen LogP contribution in [0, 0.1) is 28.4 Å². The number of nitrogen functional groups attached to an aromatic ring is 1. The summed E-state index contributed by atoms with van der Waals surface area (Å²) in [6, 6.07) is 11.9. The molecule has 4 N–H and O–H groups in total. The molecule has 2 aromatic rings. The van der Waals surface area contributed by atoms with Gasteiger partial charge < -0.3 is 10.7 Å². The zero-order valence-corrected chi connectivity index (χ0v) is 11.3. The first-order valence-corrected chi connectivity index (χ1v) is 6.08. The van der Waals surface area contributed by atoms with E-state index < -0.39 is 4.92 Å². The SMILES string of the molecule is Cc1ccc(C#N)cc1Nc1cccc(NN)c1[N+](=O)[O-]. The summed E-state index contributed by atoms with van der Waals surface area (Å²) in [4.78, 5) is 10.7. The van der Waals surface area contributed by atoms with Gasteiger partial charge in [0, 0.05) is 5.69 Å². The van der Waals surface area contributed by atoms with Gasteiger partial charge >= 0.3 is 5.69 Å². The number of benzene rings is 2. The smallest absolute Gasteiger partial charge is 0.316 e. The van der Waals surface area contributed by atoms with Crippen LogP contribution in [0.15, 0.2) is 36.4 Å². The van der Waals surface area contributed by atoms with Crippen LogP contribution >= 0.6 is 0 Å². The third-order valence-corrected chi connectivity index (χ3v) is 3.01. The van der Waals surface area contributed by atoms with Crippen LogP contribution in [-0.4, -0.2) is 4.92 Å². The lowest BCUT2D eigenvalue weighted by atomic mass is 10.1. The fourth-order valence-electron chi connectivity index (χ4n) is 1.93. The van der Waals surface area contributed by atoms with Crippen LogP contribution in [0.5, 0.6) is 0 Å². The minimum atomic E-state index is -0.513. The van der Waals surface area contributed by atoms with E-state index in [-0.39, 0.29) is 11.4 Å². The largest absolute Gasteiger partial charge is 0.350 e. The Morgan fingerprint density at radius 3 is 2.57 bits per heavy atom. The quantitative estimate of drug-likeness (QED) is 0.451. The molecule has 0 saturated carbocycles. The number of nitrogens with one attached hydrogen (secondary N) is 2. The molecule has 0 unspecified atom stereocenters. The molecule has 0 bridgehead atoms. The van der Waals surface area contributed by atoms with E-state index in [1.807, 2.05) is 13.0 Å². The van der Waals surface area contributed by atoms with Gasteiger partial charge in [-0.15, -0.1) is 0 Å². The monoisotopic (exact) mass is 283 g/mol. The van der Waals surface area contributed by atoms with Crippen molar-refractivity contribution >= 4 is 22.7 Å². The Hall–Kier alpha value is -3.11. The van der Waals surface area contributed by atoms with E-state index in [9.17, 15) is 10.1 Å². The van der Waals surface area contributed by atoms with E-state index >= 15 is 0 Å². The van der Waals surface area contributed by atoms with Crippen molar-refractivity contribution in [1.82, 2.24) is 0 Å². The predicted octanol–water partition coefficient (Wildman–Crippen LogP) is 2.80. The number of nitrogens with zero attached hydrogens (tertiary/aromatic N) is 2. The fourth-order valence-corrected chi connectivity index (χ4v) is 1.93. The van der Waals surface area contributed by atoms with Gasteiger partial charge in [0.1, 0.15) is 11.4 Å². The fraction of sp³-hybridized carbons (Fsp3) is 0.0714. The molecule has 106 valence electrons. The van der Waals surface area contributed by atoms with Gasteiger partial charge in [0.25, 0.3) is 0 Å². The van der Waals surface area contributed by atoms with E-state index in [0.29, 0.717) is 16.9 Å². The highest BCUT2D eigenvalue weighted by Gasteiger charge is 2.19. The molecule has 0 atom stereocenters. The molecule has 0 aromatic heterocycles. The summed E-state index contributed by atoms with van der Waals surface area (Å²) < 4.78 is 0. The molecule has 7 heteroatoms. The van der Waals surface area contributed by atoms with Crippen LogP contribution in [0.4, 0.5) is 22.7 Å². The van der Waals surface area contributed by atoms with Crippen molar-refractivity contribution in [1.29, 1.82) is 5.26 Å². The van der Waals surface area contributed by atoms with Gasteiger partial charge in [0.2, 0.25) is 0 Å². The highest BCUT2D eigenvalue weighted by Crippen LogP contribution is 2.35. The van der Waals surface area contributed by atoms with Crippen molar-refractivity contribution in [3.63, 3.8) is 0 Å². The van der Waals surface area contributed by atoms with Crippen molar-refractivity contribution in [3.05, 3.63) is 57.6 Å². The maximum Gasteiger partial charge on any atom is 0.316 e. The molecule has 0 saturated heterocycles. The summed E-state index contributed by atoms with van der Waals surface area (Å²) in [6.07, 6.45) is 0. The van der Waals surface area contributed by atoms with Crippen molar-refractivity contribution in [3.8, 4) is 6.07 Å². The van der Waals surface area contributed by atoms with E-state index in [2.05, 4.69) is 10.7 Å². The predicted molar refractivity (Wildman–Crippen MR) is 80.1 cm³/mol. The highest BCUT2D eigenvalue weighted by molar-refractivity contribution is 5.80. The number of anilines is 3. The molecule has 0 amide bonds. The van der Waals surface area contributed by atoms with Crippen molar-refractivity contribution < 1.29 is 4.92 Å². The number of hydrogen-bond acceptors (Lipinski definition) is 6. The molecule has 0 heterocycles. The zero-order chi connectivity index (χ0) is 15.4. The number of rotatable bonds is 4. The summed E-state index contributed by atoms with van der Waals surface area (Å²) in [5, 5.41) is 23.1. The minimum absolute atomic E-state index is 0.151. The van der Waals surface area contributed by atoms with E-state index in [0.717, 1.165) is 5.56 Å². The third-order valence-electron chi connectivity index (χ3n) is 3.01. The molecular formula is C14H13N5O2. The van der Waals surface area contributed by atoms with Crippen molar-refractivity contribution in [2.45, 2.75) is 6.92 Å². The summed E-state index contributed by atoms with van der Waals surface area (Å²) in [5.41, 5.74) is 4.63. The topological polar surface area (TPSA) is 117 Å². The Kier molecular flexibility index (Phi) is 4.02. The second-order valence-corrected chi connectivity index (χ2v) is 4.37. The zero-order valence-electron chi connectivity index (χ0n) is 11.3. The first-order valence-electron chi connectivity index (χ1n) is 6.08. The number of para-hydroxylation sites is 1. The van der Waals surface area contributed by atoms with Crippen molar-refractivity contribution in [2.75, 3.05) is 10.7 Å². The average Bonchev–Trinajstić information content (AvgIpc) is 2.48. The Labute approximate surface area is 121 Å². The van der Waals surface area contributed by atoms with E-state index in [1.165, 1.54) is 6.07 Å². The molecule has 2 aromatic carbocycles. The van der Waals surface area contributed by atoms with Crippen LogP contribution in [0.1, 0.15) is 11.1 Å². The number of hydrazine groups is 1. The van der Waals surface area contributed by atoms with Crippen molar-refractivity contribution in [2.24, 2.45) is 5.84 Å². The Balaban J connectivity index is 2.50. The van der Waals surface area contributed by atoms with Gasteiger partial charge in [0.15, 0.2) is 0 Å². The summed E-state index contributed by atoms with van der Waals surface area (Å²) in [7, 11) is 0. The van der Waals surface area contributed by atoms with Crippen LogP contribution in [0.2, 0.25) is 0 Å². The third kappa shape index (κ3) is 2.91. The maximum atomic E-state index is 11.2. The van der Waals surface area contributed by atoms with Gasteiger partial charge in [0.05, 0.1) is 16.6 Å². The summed E-state index contributed by atoms with van der Waals surface area (Å²) >= 11 is 0. The Morgan fingerprint density at radius 1 is 1.24 bits per heavy atom. The Bertz CT molecular complexity index is 737. The number of nitrogens with two attached hydrogens (primary N) is 1. The van der Waals surface area contributed by atoms with Crippen LogP contribution in [-0.2, 0) is 0 Å². The van der Waals surface area contributed by atoms with Gasteiger partial charge in [-0.1, -0.05) is 12.1 Å². The van der Waals surface area contributed by atoms with Gasteiger partial charge in [-0.2, -0.15) is 5.26 Å². The lowest BCUT2D eigenvalue weighted by Crippen LogP contribution is -2.10. The number of aryl methyl sites for hydroxylation is 1. The number of hydrogen-bond donors (Lipinski definition) is 3. The standard InChI is InChI=1S/C14H13N5O2/c1-9-5-6-10(8-15)7-13(9)17-11-3-2-4-12(18-16)14(11)19(20)21/h2-7,17-18H,16H2,1H3. The summed E-state index contributed by atoms with van der Waals surface area (Å²) in [6.45, 7) is 1.85. The summed E-state index contributed by atoms with van der Waals surface area (Å²) in [5.74, 6) is 5.30. The molecule has 0 aliphatic heterocycles. The molecule has 0 fully saturated rings. The van der Waals surface area contributed by atoms with Crippen LogP contribution in [0.3, 0.4) is 0 Å². The second kappa shape index (κ2) is 5.90. The minimum Gasteiger partial charge on any atom is -0.350 e. The molecule has 21 heavy (non-hydrogen) atoms. The first kappa shape index (κ1) is 14.3. The molecule has 0 spiro atoms. The molecular weight excluding hydrogens is 270 g/mol. The second-order valence-electron chi connectivity index (χ2n) is 4.37. The first-order chi connectivity index (χ1) is 10.1. The maximum absolute atomic E-state index is 11.2. The van der Waals surface area contributed by atoms with Gasteiger partial charge in [-0.3, -0.25) is 16.0 Å².